The van der Waals surface area contributed by atoms with Crippen molar-refractivity contribution in [3.05, 3.63) is 70.5 Å². The van der Waals surface area contributed by atoms with Gasteiger partial charge in [0.25, 0.3) is 0 Å². The largest absolute Gasteiger partial charge is 0.325 e. The minimum Gasteiger partial charge on any atom is -0.325 e. The molecule has 1 aliphatic carbocycles. The molecular weight excluding hydrogens is 380 g/mol. The third-order valence-corrected chi connectivity index (χ3v) is 6.11. The van der Waals surface area contributed by atoms with Gasteiger partial charge in [-0.2, -0.15) is 0 Å². The van der Waals surface area contributed by atoms with Crippen LogP contribution in [0.5, 0.6) is 0 Å². The third kappa shape index (κ3) is 4.70. The van der Waals surface area contributed by atoms with Crippen LogP contribution in [-0.4, -0.2) is 26.4 Å². The van der Waals surface area contributed by atoms with Crippen molar-refractivity contribution in [3.8, 4) is 0 Å². The highest BCUT2D eigenvalue weighted by Crippen LogP contribution is 2.40. The van der Waals surface area contributed by atoms with Crippen LogP contribution in [0.3, 0.4) is 0 Å². The molecule has 0 spiro atoms. The van der Waals surface area contributed by atoms with Crippen LogP contribution in [-0.2, 0) is 11.3 Å². The molecule has 1 heterocycles. The van der Waals surface area contributed by atoms with E-state index in [1.807, 2.05) is 32.0 Å². The lowest BCUT2D eigenvalue weighted by Crippen LogP contribution is -2.16. The number of carbonyl (C=O) groups excluding carboxylic acids is 1. The predicted molar refractivity (Wildman–Crippen MR) is 118 cm³/mol. The molecule has 3 aromatic rings. The summed E-state index contributed by atoms with van der Waals surface area (Å²) < 4.78 is 2.17. The summed E-state index contributed by atoms with van der Waals surface area (Å²) in [6.07, 6.45) is 2.34. The summed E-state index contributed by atoms with van der Waals surface area (Å²) in [6, 6.07) is 14.5. The zero-order valence-electron chi connectivity index (χ0n) is 17.1. The molecule has 150 valence electrons. The number of hydrogen-bond acceptors (Lipinski definition) is 4. The predicted octanol–water partition coefficient (Wildman–Crippen LogP) is 4.86. The highest BCUT2D eigenvalue weighted by molar-refractivity contribution is 7.99. The third-order valence-electron chi connectivity index (χ3n) is 5.15. The summed E-state index contributed by atoms with van der Waals surface area (Å²) in [5.41, 5.74) is 5.50. The van der Waals surface area contributed by atoms with E-state index in [-0.39, 0.29) is 5.91 Å². The molecule has 4 rings (SSSR count). The van der Waals surface area contributed by atoms with E-state index in [9.17, 15) is 4.79 Å². The monoisotopic (exact) mass is 406 g/mol. The van der Waals surface area contributed by atoms with E-state index in [4.69, 9.17) is 0 Å². The maximum absolute atomic E-state index is 12.6. The quantitative estimate of drug-likeness (QED) is 0.569. The topological polar surface area (TPSA) is 59.8 Å². The highest BCUT2D eigenvalue weighted by Gasteiger charge is 2.30. The molecule has 0 unspecified atom stereocenters. The van der Waals surface area contributed by atoms with Crippen molar-refractivity contribution in [1.82, 2.24) is 14.8 Å². The Morgan fingerprint density at radius 1 is 1.10 bits per heavy atom. The molecule has 1 N–H and O–H groups in total. The summed E-state index contributed by atoms with van der Waals surface area (Å²) in [5.74, 6) is 1.84. The van der Waals surface area contributed by atoms with Crippen LogP contribution in [0.2, 0.25) is 0 Å². The van der Waals surface area contributed by atoms with E-state index < -0.39 is 0 Å². The van der Waals surface area contributed by atoms with Crippen molar-refractivity contribution < 1.29 is 4.79 Å². The van der Waals surface area contributed by atoms with Gasteiger partial charge in [-0.15, -0.1) is 10.2 Å². The first-order chi connectivity index (χ1) is 14.0. The Morgan fingerprint density at radius 2 is 1.79 bits per heavy atom. The van der Waals surface area contributed by atoms with Crippen molar-refractivity contribution in [3.63, 3.8) is 0 Å². The molecule has 0 radical (unpaired) electrons. The van der Waals surface area contributed by atoms with Crippen molar-refractivity contribution >= 4 is 23.4 Å². The van der Waals surface area contributed by atoms with Crippen LogP contribution >= 0.6 is 11.8 Å². The first kappa shape index (κ1) is 19.7. The fourth-order valence-electron chi connectivity index (χ4n) is 3.65. The molecule has 0 saturated heterocycles. The first-order valence-corrected chi connectivity index (χ1v) is 11.0. The molecule has 1 aromatic heterocycles. The molecule has 0 bridgehead atoms. The zero-order valence-corrected chi connectivity index (χ0v) is 17.9. The van der Waals surface area contributed by atoms with Crippen LogP contribution in [0.15, 0.2) is 47.6 Å². The van der Waals surface area contributed by atoms with Crippen molar-refractivity contribution in [2.45, 2.75) is 51.2 Å². The Bertz CT molecular complexity index is 1000. The molecule has 1 aliphatic rings. The lowest BCUT2D eigenvalue weighted by Gasteiger charge is -2.13. The second-order valence-electron chi connectivity index (χ2n) is 7.80. The van der Waals surface area contributed by atoms with Crippen LogP contribution in [0.1, 0.15) is 46.8 Å². The van der Waals surface area contributed by atoms with Gasteiger partial charge in [0.2, 0.25) is 5.91 Å². The van der Waals surface area contributed by atoms with E-state index in [0.29, 0.717) is 11.7 Å². The molecule has 2 aromatic carbocycles. The zero-order chi connectivity index (χ0) is 20.4. The number of benzene rings is 2. The normalized spacial score (nSPS) is 13.5. The number of aromatic nitrogens is 3. The summed E-state index contributed by atoms with van der Waals surface area (Å²) in [4.78, 5) is 12.6. The molecule has 1 fully saturated rings. The molecule has 6 heteroatoms. The first-order valence-electron chi connectivity index (χ1n) is 9.99. The van der Waals surface area contributed by atoms with Gasteiger partial charge in [0.05, 0.1) is 12.3 Å². The number of rotatable bonds is 7. The van der Waals surface area contributed by atoms with E-state index in [2.05, 4.69) is 51.3 Å². The van der Waals surface area contributed by atoms with Gasteiger partial charge in [-0.05, 0) is 50.3 Å². The molecule has 0 aliphatic heterocycles. The summed E-state index contributed by atoms with van der Waals surface area (Å²) in [6.45, 7) is 6.86. The number of anilines is 1. The standard InChI is InChI=1S/C23H26N4OS/c1-15-11-16(2)21(17(3)12-15)24-20(28)14-29-23-26-25-22(19-9-10-19)27(23)13-18-7-5-4-6-8-18/h4-8,11-12,19H,9-10,13-14H2,1-3H3,(H,24,28). The van der Waals surface area contributed by atoms with Gasteiger partial charge >= 0.3 is 0 Å². The maximum atomic E-state index is 12.6. The van der Waals surface area contributed by atoms with Gasteiger partial charge in [-0.3, -0.25) is 4.79 Å². The van der Waals surface area contributed by atoms with E-state index in [1.54, 1.807) is 0 Å². The fraction of sp³-hybridized carbons (Fsp3) is 0.348. The van der Waals surface area contributed by atoms with Gasteiger partial charge in [-0.25, -0.2) is 0 Å². The lowest BCUT2D eigenvalue weighted by atomic mass is 10.1. The maximum Gasteiger partial charge on any atom is 0.234 e. The van der Waals surface area contributed by atoms with Crippen LogP contribution < -0.4 is 5.32 Å². The number of aryl methyl sites for hydroxylation is 3. The number of amides is 1. The molecular formula is C23H26N4OS. The number of carbonyl (C=O) groups is 1. The van der Waals surface area contributed by atoms with Gasteiger partial charge in [0, 0.05) is 11.6 Å². The Labute approximate surface area is 175 Å². The summed E-state index contributed by atoms with van der Waals surface area (Å²) in [7, 11) is 0. The Balaban J connectivity index is 1.46. The highest BCUT2D eigenvalue weighted by atomic mass is 32.2. The average Bonchev–Trinajstić information content (AvgIpc) is 3.46. The number of nitrogens with zero attached hydrogens (tertiary/aromatic N) is 3. The van der Waals surface area contributed by atoms with Gasteiger partial charge in [0.15, 0.2) is 5.16 Å². The summed E-state index contributed by atoms with van der Waals surface area (Å²) in [5, 5.41) is 12.7. The van der Waals surface area contributed by atoms with Crippen molar-refractivity contribution in [2.24, 2.45) is 0 Å². The number of thioether (sulfide) groups is 1. The second kappa shape index (κ2) is 8.41. The average molecular weight is 407 g/mol. The van der Waals surface area contributed by atoms with Crippen LogP contribution in [0.25, 0.3) is 0 Å². The van der Waals surface area contributed by atoms with Crippen LogP contribution in [0.4, 0.5) is 5.69 Å². The van der Waals surface area contributed by atoms with Gasteiger partial charge in [-0.1, -0.05) is 59.8 Å². The SMILES string of the molecule is Cc1cc(C)c(NC(=O)CSc2nnc(C3CC3)n2Cc2ccccc2)c(C)c1. The smallest absolute Gasteiger partial charge is 0.234 e. The Kier molecular flexibility index (Phi) is 5.72. The second-order valence-corrected chi connectivity index (χ2v) is 8.74. The molecule has 1 amide bonds. The molecule has 1 saturated carbocycles. The van der Waals surface area contributed by atoms with Crippen molar-refractivity contribution in [2.75, 3.05) is 11.1 Å². The Hall–Kier alpha value is -2.60. The Morgan fingerprint density at radius 3 is 2.45 bits per heavy atom. The molecule has 5 nitrogen and oxygen atoms in total. The van der Waals surface area contributed by atoms with Crippen molar-refractivity contribution in [1.29, 1.82) is 0 Å². The lowest BCUT2D eigenvalue weighted by molar-refractivity contribution is -0.113. The van der Waals surface area contributed by atoms with E-state index in [1.165, 1.54) is 35.7 Å². The van der Waals surface area contributed by atoms with E-state index >= 15 is 0 Å². The minimum atomic E-state index is -0.0210. The van der Waals surface area contributed by atoms with Gasteiger partial charge < -0.3 is 9.88 Å². The molecule has 0 atom stereocenters. The van der Waals surface area contributed by atoms with Crippen LogP contribution in [0, 0.1) is 20.8 Å². The summed E-state index contributed by atoms with van der Waals surface area (Å²) >= 11 is 1.45. The number of hydrogen-bond donors (Lipinski definition) is 1. The fourth-order valence-corrected chi connectivity index (χ4v) is 4.39. The van der Waals surface area contributed by atoms with E-state index in [0.717, 1.165) is 34.3 Å². The minimum absolute atomic E-state index is 0.0210. The van der Waals surface area contributed by atoms with Gasteiger partial charge in [0.1, 0.15) is 5.82 Å². The number of nitrogens with one attached hydrogen (secondary N) is 1. The molecule has 29 heavy (non-hydrogen) atoms.